The van der Waals surface area contributed by atoms with Crippen molar-refractivity contribution < 1.29 is 5.11 Å². The highest BCUT2D eigenvalue weighted by molar-refractivity contribution is 9.10. The van der Waals surface area contributed by atoms with Crippen molar-refractivity contribution in [1.29, 1.82) is 0 Å². The first-order chi connectivity index (χ1) is 9.63. The molecule has 0 amide bonds. The lowest BCUT2D eigenvalue weighted by atomic mass is 10.1. The van der Waals surface area contributed by atoms with Gasteiger partial charge in [0.25, 0.3) is 0 Å². The van der Waals surface area contributed by atoms with Crippen molar-refractivity contribution >= 4 is 15.9 Å². The average Bonchev–Trinajstić information content (AvgIpc) is 3.01. The summed E-state index contributed by atoms with van der Waals surface area (Å²) in [5.41, 5.74) is 0.730. The molecule has 20 heavy (non-hydrogen) atoms. The van der Waals surface area contributed by atoms with Crippen LogP contribution in [0.5, 0.6) is 5.75 Å². The fraction of sp³-hybridized carbons (Fsp3) is 0.429. The van der Waals surface area contributed by atoms with E-state index in [0.717, 1.165) is 35.5 Å². The second kappa shape index (κ2) is 5.54. The molecule has 1 unspecified atom stereocenters. The Kier molecular flexibility index (Phi) is 3.76. The second-order valence-electron chi connectivity index (χ2n) is 5.24. The lowest BCUT2D eigenvalue weighted by Crippen LogP contribution is -2.21. The third-order valence-electron chi connectivity index (χ3n) is 3.78. The fourth-order valence-corrected chi connectivity index (χ4v) is 3.07. The monoisotopic (exact) mass is 336 g/mol. The van der Waals surface area contributed by atoms with Crippen molar-refractivity contribution in [3.05, 3.63) is 40.6 Å². The van der Waals surface area contributed by atoms with E-state index < -0.39 is 0 Å². The summed E-state index contributed by atoms with van der Waals surface area (Å²) in [5, 5.41) is 9.91. The minimum atomic E-state index is 0.250. The van der Waals surface area contributed by atoms with Gasteiger partial charge in [0.2, 0.25) is 0 Å². The molecule has 0 aromatic carbocycles. The summed E-state index contributed by atoms with van der Waals surface area (Å²) in [5.74, 6) is 1.85. The largest absolute Gasteiger partial charge is 0.506 e. The zero-order valence-corrected chi connectivity index (χ0v) is 12.9. The van der Waals surface area contributed by atoms with Gasteiger partial charge >= 0.3 is 0 Å². The van der Waals surface area contributed by atoms with Crippen LogP contribution in [0.4, 0.5) is 0 Å². The number of rotatable bonds is 3. The van der Waals surface area contributed by atoms with Crippen LogP contribution in [0.2, 0.25) is 0 Å². The van der Waals surface area contributed by atoms with Crippen LogP contribution in [-0.4, -0.2) is 37.6 Å². The number of imidazole rings is 1. The molecular weight excluding hydrogens is 320 g/mol. The fourth-order valence-electron chi connectivity index (χ4n) is 2.75. The van der Waals surface area contributed by atoms with Gasteiger partial charge < -0.3 is 9.67 Å². The van der Waals surface area contributed by atoms with Crippen molar-refractivity contribution in [3.63, 3.8) is 0 Å². The summed E-state index contributed by atoms with van der Waals surface area (Å²) in [6, 6.07) is 1.69. The molecule has 0 aliphatic carbocycles. The zero-order chi connectivity index (χ0) is 14.1. The first-order valence-corrected chi connectivity index (χ1v) is 7.45. The van der Waals surface area contributed by atoms with Gasteiger partial charge in [0.15, 0.2) is 0 Å². The predicted molar refractivity (Wildman–Crippen MR) is 79.4 cm³/mol. The minimum absolute atomic E-state index is 0.250. The quantitative estimate of drug-likeness (QED) is 0.934. The molecule has 3 heterocycles. The van der Waals surface area contributed by atoms with E-state index in [1.165, 1.54) is 0 Å². The highest BCUT2D eigenvalue weighted by atomic mass is 79.9. The molecule has 106 valence electrons. The molecule has 2 aromatic rings. The molecule has 1 aliphatic heterocycles. The molecule has 1 fully saturated rings. The Balaban J connectivity index is 1.67. The van der Waals surface area contributed by atoms with Crippen LogP contribution in [0.1, 0.15) is 23.9 Å². The Bertz CT molecular complexity index is 613. The van der Waals surface area contributed by atoms with E-state index in [4.69, 9.17) is 0 Å². The Morgan fingerprint density at radius 3 is 3.00 bits per heavy atom. The molecule has 6 heteroatoms. The van der Waals surface area contributed by atoms with Gasteiger partial charge in [-0.2, -0.15) is 0 Å². The van der Waals surface area contributed by atoms with Gasteiger partial charge in [0.1, 0.15) is 11.6 Å². The Labute approximate surface area is 126 Å². The summed E-state index contributed by atoms with van der Waals surface area (Å²) >= 11 is 3.31. The molecule has 1 atom stereocenters. The van der Waals surface area contributed by atoms with E-state index in [2.05, 4.69) is 35.4 Å². The second-order valence-corrected chi connectivity index (χ2v) is 6.15. The first kappa shape index (κ1) is 13.6. The number of hydrogen-bond donors (Lipinski definition) is 1. The number of aryl methyl sites for hydroxylation is 1. The van der Waals surface area contributed by atoms with Crippen LogP contribution in [-0.2, 0) is 13.6 Å². The third kappa shape index (κ3) is 2.71. The van der Waals surface area contributed by atoms with Crippen LogP contribution in [0.15, 0.2) is 29.1 Å². The molecule has 2 aromatic heterocycles. The van der Waals surface area contributed by atoms with Gasteiger partial charge in [0.05, 0.1) is 5.69 Å². The van der Waals surface area contributed by atoms with Crippen molar-refractivity contribution in [3.8, 4) is 5.75 Å². The van der Waals surface area contributed by atoms with Gasteiger partial charge in [-0.15, -0.1) is 0 Å². The molecule has 0 radical (unpaired) electrons. The van der Waals surface area contributed by atoms with Crippen LogP contribution < -0.4 is 0 Å². The maximum Gasteiger partial charge on any atom is 0.139 e. The van der Waals surface area contributed by atoms with Crippen LogP contribution in [0.25, 0.3) is 0 Å². The molecule has 1 N–H and O–H groups in total. The summed E-state index contributed by atoms with van der Waals surface area (Å²) in [7, 11) is 2.03. The molecule has 0 saturated carbocycles. The van der Waals surface area contributed by atoms with E-state index in [1.54, 1.807) is 12.3 Å². The lowest BCUT2D eigenvalue weighted by molar-refractivity contribution is 0.313. The number of aromatic nitrogens is 3. The van der Waals surface area contributed by atoms with Crippen LogP contribution >= 0.6 is 15.9 Å². The molecule has 0 bridgehead atoms. The predicted octanol–water partition coefficient (Wildman–Crippen LogP) is 2.27. The molecule has 1 saturated heterocycles. The SMILES string of the molecule is Cn1ccnc1C1CCN(Cc2ncc(Br)cc2O)C1. The lowest BCUT2D eigenvalue weighted by Gasteiger charge is -2.16. The van der Waals surface area contributed by atoms with Gasteiger partial charge in [-0.05, 0) is 35.0 Å². The smallest absolute Gasteiger partial charge is 0.139 e. The number of halogens is 1. The van der Waals surface area contributed by atoms with Gasteiger partial charge in [-0.1, -0.05) is 0 Å². The summed E-state index contributed by atoms with van der Waals surface area (Å²) in [6.07, 6.45) is 6.66. The van der Waals surface area contributed by atoms with E-state index in [-0.39, 0.29) is 5.75 Å². The number of nitrogens with zero attached hydrogens (tertiary/aromatic N) is 4. The number of likely N-dealkylation sites (tertiary alicyclic amines) is 1. The van der Waals surface area contributed by atoms with Crippen molar-refractivity contribution in [2.24, 2.45) is 7.05 Å². The van der Waals surface area contributed by atoms with Crippen LogP contribution in [0.3, 0.4) is 0 Å². The van der Waals surface area contributed by atoms with Gasteiger partial charge in [-0.25, -0.2) is 4.98 Å². The summed E-state index contributed by atoms with van der Waals surface area (Å²) in [6.45, 7) is 2.65. The Hall–Kier alpha value is -1.40. The number of pyridine rings is 1. The number of aromatic hydroxyl groups is 1. The van der Waals surface area contributed by atoms with Crippen molar-refractivity contribution in [2.45, 2.75) is 18.9 Å². The Morgan fingerprint density at radius 2 is 2.30 bits per heavy atom. The molecule has 1 aliphatic rings. The van der Waals surface area contributed by atoms with Crippen LogP contribution in [0, 0.1) is 0 Å². The third-order valence-corrected chi connectivity index (χ3v) is 4.22. The zero-order valence-electron chi connectivity index (χ0n) is 11.3. The van der Waals surface area contributed by atoms with Gasteiger partial charge in [0, 0.05) is 49.1 Å². The Morgan fingerprint density at radius 1 is 1.45 bits per heavy atom. The normalized spacial score (nSPS) is 19.6. The van der Waals surface area contributed by atoms with Crippen molar-refractivity contribution in [2.75, 3.05) is 13.1 Å². The maximum absolute atomic E-state index is 9.91. The van der Waals surface area contributed by atoms with Gasteiger partial charge in [-0.3, -0.25) is 9.88 Å². The molecule has 0 spiro atoms. The average molecular weight is 337 g/mol. The first-order valence-electron chi connectivity index (χ1n) is 6.66. The summed E-state index contributed by atoms with van der Waals surface area (Å²) in [4.78, 5) is 11.0. The topological polar surface area (TPSA) is 54.2 Å². The standard InChI is InChI=1S/C14H17BrN4O/c1-18-5-3-16-14(18)10-2-4-19(8-10)9-12-13(20)6-11(15)7-17-12/h3,5-7,10,20H,2,4,8-9H2,1H3. The summed E-state index contributed by atoms with van der Waals surface area (Å²) < 4.78 is 2.88. The van der Waals surface area contributed by atoms with Crippen molar-refractivity contribution in [1.82, 2.24) is 19.4 Å². The van der Waals surface area contributed by atoms with E-state index in [1.807, 2.05) is 19.4 Å². The van der Waals surface area contributed by atoms with E-state index >= 15 is 0 Å². The molecule has 3 rings (SSSR count). The highest BCUT2D eigenvalue weighted by Crippen LogP contribution is 2.28. The van der Waals surface area contributed by atoms with E-state index in [9.17, 15) is 5.11 Å². The number of hydrogen-bond acceptors (Lipinski definition) is 4. The highest BCUT2D eigenvalue weighted by Gasteiger charge is 2.27. The minimum Gasteiger partial charge on any atom is -0.506 e. The molecular formula is C14H17BrN4O. The maximum atomic E-state index is 9.91. The molecule has 5 nitrogen and oxygen atoms in total. The van der Waals surface area contributed by atoms with E-state index in [0.29, 0.717) is 12.5 Å².